The van der Waals surface area contributed by atoms with E-state index in [4.69, 9.17) is 5.73 Å². The summed E-state index contributed by atoms with van der Waals surface area (Å²) in [6.45, 7) is 0.496. The molecule has 118 valence electrons. The zero-order chi connectivity index (χ0) is 14.8. The molecule has 3 rings (SSSR count). The lowest BCUT2D eigenvalue weighted by Crippen LogP contribution is -2.38. The Morgan fingerprint density at radius 3 is 2.73 bits per heavy atom. The molecule has 1 fully saturated rings. The van der Waals surface area contributed by atoms with Crippen LogP contribution >= 0.6 is 28.3 Å². The van der Waals surface area contributed by atoms with Crippen LogP contribution in [0.25, 0.3) is 11.3 Å². The van der Waals surface area contributed by atoms with E-state index in [1.807, 2.05) is 30.3 Å². The molecule has 0 spiro atoms. The molecule has 1 aromatic carbocycles. The Labute approximate surface area is 143 Å². The minimum Gasteiger partial charge on any atom is -0.349 e. The van der Waals surface area contributed by atoms with Crippen molar-refractivity contribution in [2.45, 2.75) is 18.9 Å². The van der Waals surface area contributed by atoms with Gasteiger partial charge in [-0.15, -0.1) is 12.4 Å². The van der Waals surface area contributed by atoms with E-state index in [9.17, 15) is 4.79 Å². The minimum atomic E-state index is -0.187. The number of halogens is 2. The highest BCUT2D eigenvalue weighted by Crippen LogP contribution is 2.31. The van der Waals surface area contributed by atoms with Crippen LogP contribution in [-0.2, 0) is 0 Å². The first-order valence-electron chi connectivity index (χ1n) is 7.00. The third-order valence-electron chi connectivity index (χ3n) is 3.71. The van der Waals surface area contributed by atoms with E-state index < -0.39 is 0 Å². The van der Waals surface area contributed by atoms with Crippen LogP contribution in [0, 0.1) is 5.92 Å². The smallest absolute Gasteiger partial charge is 0.270 e. The fourth-order valence-electron chi connectivity index (χ4n) is 2.26. The lowest BCUT2D eigenvalue weighted by atomic mass is 10.1. The molecule has 1 heterocycles. The van der Waals surface area contributed by atoms with E-state index in [2.05, 4.69) is 31.4 Å². The van der Waals surface area contributed by atoms with Crippen LogP contribution in [0.4, 0.5) is 0 Å². The van der Waals surface area contributed by atoms with E-state index >= 15 is 0 Å². The van der Waals surface area contributed by atoms with Gasteiger partial charge in [0, 0.05) is 18.2 Å². The lowest BCUT2D eigenvalue weighted by molar-refractivity contribution is 0.0944. The SMILES string of the molecule is Cl.NC(CNC(=O)c1[nH]nc(-c2ccccc2)c1Br)C1CC1. The molecule has 1 unspecified atom stereocenters. The zero-order valence-electron chi connectivity index (χ0n) is 11.9. The molecule has 1 aromatic heterocycles. The Kier molecular flexibility index (Phi) is 5.61. The molecule has 2 aromatic rings. The number of nitrogens with zero attached hydrogens (tertiary/aromatic N) is 1. The summed E-state index contributed by atoms with van der Waals surface area (Å²) in [6, 6.07) is 9.76. The van der Waals surface area contributed by atoms with Crippen molar-refractivity contribution in [1.82, 2.24) is 15.5 Å². The van der Waals surface area contributed by atoms with Gasteiger partial charge in [0.1, 0.15) is 11.4 Å². The van der Waals surface area contributed by atoms with Gasteiger partial charge in [0.15, 0.2) is 0 Å². The van der Waals surface area contributed by atoms with Crippen LogP contribution in [0.15, 0.2) is 34.8 Å². The van der Waals surface area contributed by atoms with Crippen molar-refractivity contribution in [2.75, 3.05) is 6.54 Å². The second kappa shape index (κ2) is 7.26. The Morgan fingerprint density at radius 1 is 1.41 bits per heavy atom. The summed E-state index contributed by atoms with van der Waals surface area (Å²) < 4.78 is 0.672. The molecule has 0 radical (unpaired) electrons. The highest BCUT2D eigenvalue weighted by molar-refractivity contribution is 9.10. The number of hydrogen-bond acceptors (Lipinski definition) is 3. The van der Waals surface area contributed by atoms with Gasteiger partial charge < -0.3 is 11.1 Å². The van der Waals surface area contributed by atoms with Gasteiger partial charge in [-0.1, -0.05) is 30.3 Å². The average Bonchev–Trinajstić information content (AvgIpc) is 3.28. The summed E-state index contributed by atoms with van der Waals surface area (Å²) in [5.74, 6) is 0.378. The summed E-state index contributed by atoms with van der Waals surface area (Å²) in [5, 5.41) is 9.87. The number of carbonyl (C=O) groups excluding carboxylic acids is 1. The fourth-order valence-corrected chi connectivity index (χ4v) is 2.84. The van der Waals surface area contributed by atoms with E-state index in [0.717, 1.165) is 11.3 Å². The predicted octanol–water partition coefficient (Wildman–Crippen LogP) is 2.73. The van der Waals surface area contributed by atoms with Gasteiger partial charge in [0.25, 0.3) is 5.91 Å². The molecule has 1 saturated carbocycles. The van der Waals surface area contributed by atoms with Crippen molar-refractivity contribution >= 4 is 34.2 Å². The molecular weight excluding hydrogens is 368 g/mol. The van der Waals surface area contributed by atoms with E-state index in [0.29, 0.717) is 22.6 Å². The predicted molar refractivity (Wildman–Crippen MR) is 92.0 cm³/mol. The number of rotatable bonds is 5. The highest BCUT2D eigenvalue weighted by atomic mass is 79.9. The number of nitrogens with one attached hydrogen (secondary N) is 2. The Morgan fingerprint density at radius 2 is 2.09 bits per heavy atom. The maximum Gasteiger partial charge on any atom is 0.270 e. The maximum atomic E-state index is 12.2. The van der Waals surface area contributed by atoms with Gasteiger partial charge in [-0.25, -0.2) is 0 Å². The Balaban J connectivity index is 0.00000176. The number of H-pyrrole nitrogens is 1. The first-order valence-corrected chi connectivity index (χ1v) is 7.79. The van der Waals surface area contributed by atoms with Crippen molar-refractivity contribution in [3.05, 3.63) is 40.5 Å². The third kappa shape index (κ3) is 3.69. The van der Waals surface area contributed by atoms with Gasteiger partial charge in [0.2, 0.25) is 0 Å². The van der Waals surface area contributed by atoms with Gasteiger partial charge in [-0.2, -0.15) is 5.10 Å². The normalized spacial score (nSPS) is 15.0. The summed E-state index contributed by atoms with van der Waals surface area (Å²) in [4.78, 5) is 12.2. The number of aromatic nitrogens is 2. The van der Waals surface area contributed by atoms with Gasteiger partial charge in [0.05, 0.1) is 4.47 Å². The van der Waals surface area contributed by atoms with E-state index in [1.165, 1.54) is 12.8 Å². The van der Waals surface area contributed by atoms with Crippen LogP contribution < -0.4 is 11.1 Å². The van der Waals surface area contributed by atoms with Crippen LogP contribution in [0.2, 0.25) is 0 Å². The summed E-state index contributed by atoms with van der Waals surface area (Å²) >= 11 is 3.45. The molecule has 1 aliphatic rings. The zero-order valence-corrected chi connectivity index (χ0v) is 14.3. The summed E-state index contributed by atoms with van der Waals surface area (Å²) in [5.41, 5.74) is 8.10. The molecule has 1 amide bonds. The van der Waals surface area contributed by atoms with Crippen LogP contribution in [0.5, 0.6) is 0 Å². The molecule has 1 aliphatic carbocycles. The number of benzene rings is 1. The van der Waals surface area contributed by atoms with Crippen molar-refractivity contribution in [3.63, 3.8) is 0 Å². The van der Waals surface area contributed by atoms with Crippen molar-refractivity contribution in [2.24, 2.45) is 11.7 Å². The van der Waals surface area contributed by atoms with Gasteiger partial charge in [-0.05, 0) is 34.7 Å². The molecule has 4 N–H and O–H groups in total. The number of amides is 1. The average molecular weight is 386 g/mol. The number of aromatic amines is 1. The largest absolute Gasteiger partial charge is 0.349 e. The molecule has 1 atom stereocenters. The van der Waals surface area contributed by atoms with Gasteiger partial charge in [-0.3, -0.25) is 9.89 Å². The first-order chi connectivity index (χ1) is 10.2. The summed E-state index contributed by atoms with van der Waals surface area (Å²) in [7, 11) is 0. The van der Waals surface area contributed by atoms with Crippen molar-refractivity contribution in [1.29, 1.82) is 0 Å². The van der Waals surface area contributed by atoms with E-state index in [-0.39, 0.29) is 24.4 Å². The molecule has 0 bridgehead atoms. The van der Waals surface area contributed by atoms with Crippen molar-refractivity contribution < 1.29 is 4.79 Å². The Hall–Kier alpha value is -1.37. The first kappa shape index (κ1) is 17.0. The van der Waals surface area contributed by atoms with Crippen LogP contribution in [0.1, 0.15) is 23.3 Å². The second-order valence-corrected chi connectivity index (χ2v) is 6.13. The number of hydrogen-bond donors (Lipinski definition) is 3. The minimum absolute atomic E-state index is 0. The summed E-state index contributed by atoms with van der Waals surface area (Å²) in [6.07, 6.45) is 2.34. The maximum absolute atomic E-state index is 12.2. The number of nitrogens with two attached hydrogens (primary N) is 1. The molecular formula is C15H18BrClN4O. The molecule has 7 heteroatoms. The van der Waals surface area contributed by atoms with Crippen molar-refractivity contribution in [3.8, 4) is 11.3 Å². The van der Waals surface area contributed by atoms with Gasteiger partial charge >= 0.3 is 0 Å². The second-order valence-electron chi connectivity index (χ2n) is 5.34. The highest BCUT2D eigenvalue weighted by Gasteiger charge is 2.29. The molecule has 0 saturated heterocycles. The number of carbonyl (C=O) groups is 1. The Bertz CT molecular complexity index is 642. The third-order valence-corrected chi connectivity index (χ3v) is 4.48. The van der Waals surface area contributed by atoms with E-state index in [1.54, 1.807) is 0 Å². The van der Waals surface area contributed by atoms with Crippen LogP contribution in [0.3, 0.4) is 0 Å². The fraction of sp³-hybridized carbons (Fsp3) is 0.333. The quantitative estimate of drug-likeness (QED) is 0.740. The standard InChI is InChI=1S/C15H17BrN4O.ClH/c16-12-13(10-4-2-1-3-5-10)19-20-14(12)15(21)18-8-11(17)9-6-7-9;/h1-5,9,11H,6-8,17H2,(H,18,21)(H,19,20);1H. The van der Waals surface area contributed by atoms with Crippen LogP contribution in [-0.4, -0.2) is 28.7 Å². The lowest BCUT2D eigenvalue weighted by Gasteiger charge is -2.10. The molecule has 5 nitrogen and oxygen atoms in total. The molecule has 22 heavy (non-hydrogen) atoms. The monoisotopic (exact) mass is 384 g/mol. The topological polar surface area (TPSA) is 83.8 Å². The molecule has 0 aliphatic heterocycles.